The van der Waals surface area contributed by atoms with Crippen molar-refractivity contribution in [3.8, 4) is 5.75 Å². The molecule has 1 heterocycles. The van der Waals surface area contributed by atoms with E-state index in [1.54, 1.807) is 24.3 Å². The van der Waals surface area contributed by atoms with Crippen LogP contribution in [0, 0.1) is 0 Å². The molecular weight excluding hydrogens is 372 g/mol. The Balaban J connectivity index is 1.95. The van der Waals surface area contributed by atoms with E-state index in [1.165, 1.54) is 23.6 Å². The number of likely N-dealkylation sites (N-methyl/N-ethyl adjacent to an activating group) is 1. The van der Waals surface area contributed by atoms with Gasteiger partial charge < -0.3 is 15.4 Å². The minimum atomic E-state index is -0.715. The number of anilines is 2. The number of amides is 1. The second-order valence-corrected chi connectivity index (χ2v) is 6.51. The number of ether oxygens (including phenoxy) is 1. The largest absolute Gasteiger partial charge is 0.496 e. The molecule has 2 aromatic carbocycles. The first-order valence-corrected chi connectivity index (χ1v) is 8.97. The normalized spacial score (nSPS) is 10.6. The van der Waals surface area contributed by atoms with Crippen molar-refractivity contribution in [2.45, 2.75) is 13.0 Å². The Hall–Kier alpha value is -3.81. The molecule has 3 aromatic rings. The van der Waals surface area contributed by atoms with Crippen LogP contribution in [0.25, 0.3) is 0 Å². The Morgan fingerprint density at radius 2 is 1.76 bits per heavy atom. The van der Waals surface area contributed by atoms with Gasteiger partial charge in [-0.1, -0.05) is 48.5 Å². The zero-order chi connectivity index (χ0) is 21.0. The summed E-state index contributed by atoms with van der Waals surface area (Å²) in [5.74, 6) is 0.139. The van der Waals surface area contributed by atoms with Crippen LogP contribution in [0.1, 0.15) is 11.1 Å². The Morgan fingerprint density at radius 1 is 1.10 bits per heavy atom. The third-order valence-corrected chi connectivity index (χ3v) is 4.64. The monoisotopic (exact) mass is 394 g/mol. The number of benzene rings is 2. The van der Waals surface area contributed by atoms with Crippen molar-refractivity contribution in [2.24, 2.45) is 0 Å². The highest BCUT2D eigenvalue weighted by molar-refractivity contribution is 5.96. The number of carbonyl (C=O) groups is 1. The number of H-pyrrole nitrogens is 1. The summed E-state index contributed by atoms with van der Waals surface area (Å²) in [4.78, 5) is 40.9. The number of nitrogens with one attached hydrogen (secondary N) is 1. The summed E-state index contributed by atoms with van der Waals surface area (Å²) in [6.45, 7) is 0.170. The van der Waals surface area contributed by atoms with Crippen LogP contribution in [-0.2, 0) is 17.8 Å². The number of aromatic amines is 1. The number of aromatic nitrogens is 2. The van der Waals surface area contributed by atoms with Gasteiger partial charge in [0.25, 0.3) is 5.56 Å². The fourth-order valence-corrected chi connectivity index (χ4v) is 3.08. The van der Waals surface area contributed by atoms with Crippen molar-refractivity contribution in [3.05, 3.63) is 86.6 Å². The van der Waals surface area contributed by atoms with E-state index in [-0.39, 0.29) is 30.4 Å². The van der Waals surface area contributed by atoms with Crippen molar-refractivity contribution in [3.63, 3.8) is 0 Å². The lowest BCUT2D eigenvalue weighted by Crippen LogP contribution is -2.40. The van der Waals surface area contributed by atoms with E-state index in [4.69, 9.17) is 10.5 Å². The molecule has 29 heavy (non-hydrogen) atoms. The minimum Gasteiger partial charge on any atom is -0.496 e. The molecule has 0 radical (unpaired) electrons. The summed E-state index contributed by atoms with van der Waals surface area (Å²) >= 11 is 0. The lowest BCUT2D eigenvalue weighted by atomic mass is 10.1. The van der Waals surface area contributed by atoms with Gasteiger partial charge in [0, 0.05) is 12.6 Å². The van der Waals surface area contributed by atoms with Gasteiger partial charge in [-0.2, -0.15) is 0 Å². The Kier molecular flexibility index (Phi) is 5.82. The van der Waals surface area contributed by atoms with Gasteiger partial charge in [0.05, 0.1) is 20.1 Å². The summed E-state index contributed by atoms with van der Waals surface area (Å²) in [5, 5.41) is 0. The second-order valence-electron chi connectivity index (χ2n) is 6.51. The standard InChI is InChI=1S/C21H22N4O4/c1-24(17(26)12-15-10-6-7-11-16(15)29-2)18-19(22)25(21(28)23-20(18)27)13-14-8-4-3-5-9-14/h3-11H,12-13,22H2,1-2H3,(H,23,27,28). The minimum absolute atomic E-state index is 0.0111. The van der Waals surface area contributed by atoms with Crippen molar-refractivity contribution >= 4 is 17.4 Å². The summed E-state index contributed by atoms with van der Waals surface area (Å²) in [6.07, 6.45) is 0.0111. The maximum Gasteiger partial charge on any atom is 0.330 e. The van der Waals surface area contributed by atoms with E-state index >= 15 is 0 Å². The second kappa shape index (κ2) is 8.47. The van der Waals surface area contributed by atoms with Crippen LogP contribution >= 0.6 is 0 Å². The van der Waals surface area contributed by atoms with E-state index in [2.05, 4.69) is 4.98 Å². The first-order chi connectivity index (χ1) is 13.9. The van der Waals surface area contributed by atoms with Crippen LogP contribution in [0.2, 0.25) is 0 Å². The first-order valence-electron chi connectivity index (χ1n) is 8.97. The number of nitrogen functional groups attached to an aromatic ring is 1. The lowest BCUT2D eigenvalue weighted by molar-refractivity contribution is -0.117. The lowest BCUT2D eigenvalue weighted by Gasteiger charge is -2.21. The molecule has 3 rings (SSSR count). The molecule has 8 heteroatoms. The van der Waals surface area contributed by atoms with Gasteiger partial charge in [-0.15, -0.1) is 0 Å². The fraction of sp³-hybridized carbons (Fsp3) is 0.190. The smallest absolute Gasteiger partial charge is 0.330 e. The number of hydrogen-bond acceptors (Lipinski definition) is 5. The van der Waals surface area contributed by atoms with Crippen molar-refractivity contribution in [1.29, 1.82) is 0 Å². The molecule has 3 N–H and O–H groups in total. The molecule has 1 amide bonds. The van der Waals surface area contributed by atoms with Gasteiger partial charge in [0.1, 0.15) is 11.6 Å². The van der Waals surface area contributed by atoms with Gasteiger partial charge in [-0.05, 0) is 11.6 Å². The summed E-state index contributed by atoms with van der Waals surface area (Å²) < 4.78 is 6.51. The van der Waals surface area contributed by atoms with Gasteiger partial charge in [0.2, 0.25) is 5.91 Å². The maximum atomic E-state index is 12.8. The molecule has 0 unspecified atom stereocenters. The molecule has 0 saturated carbocycles. The molecule has 0 bridgehead atoms. The molecule has 0 fully saturated rings. The number of hydrogen-bond donors (Lipinski definition) is 2. The Morgan fingerprint density at radius 3 is 2.45 bits per heavy atom. The SMILES string of the molecule is COc1ccccc1CC(=O)N(C)c1c(N)n(Cc2ccccc2)c(=O)[nH]c1=O. The Labute approximate surface area is 167 Å². The van der Waals surface area contributed by atoms with Gasteiger partial charge in [-0.25, -0.2) is 4.79 Å². The van der Waals surface area contributed by atoms with E-state index in [1.807, 2.05) is 30.3 Å². The molecule has 0 aliphatic heterocycles. The van der Waals surface area contributed by atoms with Crippen molar-refractivity contribution in [2.75, 3.05) is 24.8 Å². The average Bonchev–Trinajstić information content (AvgIpc) is 2.72. The van der Waals surface area contributed by atoms with Crippen molar-refractivity contribution in [1.82, 2.24) is 9.55 Å². The molecule has 0 saturated heterocycles. The third kappa shape index (κ3) is 4.21. The number of nitrogens with zero attached hydrogens (tertiary/aromatic N) is 2. The fourth-order valence-electron chi connectivity index (χ4n) is 3.08. The van der Waals surface area contributed by atoms with Gasteiger partial charge in [-0.3, -0.25) is 19.1 Å². The number of para-hydroxylation sites is 1. The van der Waals surface area contributed by atoms with Crippen LogP contribution in [0.3, 0.4) is 0 Å². The third-order valence-electron chi connectivity index (χ3n) is 4.64. The highest BCUT2D eigenvalue weighted by Gasteiger charge is 2.22. The summed E-state index contributed by atoms with van der Waals surface area (Å²) in [6, 6.07) is 16.3. The number of nitrogens with two attached hydrogens (primary N) is 1. The van der Waals surface area contributed by atoms with E-state index in [0.717, 1.165) is 5.56 Å². The maximum absolute atomic E-state index is 12.8. The average molecular weight is 394 g/mol. The molecular formula is C21H22N4O4. The zero-order valence-corrected chi connectivity index (χ0v) is 16.2. The Bertz CT molecular complexity index is 1140. The van der Waals surface area contributed by atoms with Crippen LogP contribution < -0.4 is 26.6 Å². The highest BCUT2D eigenvalue weighted by Crippen LogP contribution is 2.21. The van der Waals surface area contributed by atoms with E-state index in [0.29, 0.717) is 11.3 Å². The van der Waals surface area contributed by atoms with Gasteiger partial charge in [0.15, 0.2) is 5.69 Å². The van der Waals surface area contributed by atoms with Crippen LogP contribution in [-0.4, -0.2) is 29.6 Å². The predicted molar refractivity (Wildman–Crippen MR) is 111 cm³/mol. The van der Waals surface area contributed by atoms with E-state index in [9.17, 15) is 14.4 Å². The first kappa shape index (κ1) is 19.9. The number of carbonyl (C=O) groups excluding carboxylic acids is 1. The van der Waals surface area contributed by atoms with E-state index < -0.39 is 11.2 Å². The summed E-state index contributed by atoms with van der Waals surface area (Å²) in [5.41, 5.74) is 6.24. The number of methoxy groups -OCH3 is 1. The number of rotatable bonds is 6. The quantitative estimate of drug-likeness (QED) is 0.656. The molecule has 0 spiro atoms. The molecule has 150 valence electrons. The molecule has 0 aliphatic carbocycles. The van der Waals surface area contributed by atoms with Crippen LogP contribution in [0.4, 0.5) is 11.5 Å². The molecule has 0 aliphatic rings. The van der Waals surface area contributed by atoms with Crippen LogP contribution in [0.15, 0.2) is 64.2 Å². The molecule has 0 atom stereocenters. The topological polar surface area (TPSA) is 110 Å². The van der Waals surface area contributed by atoms with Crippen molar-refractivity contribution < 1.29 is 9.53 Å². The predicted octanol–water partition coefficient (Wildman–Crippen LogP) is 1.38. The highest BCUT2D eigenvalue weighted by atomic mass is 16.5. The summed E-state index contributed by atoms with van der Waals surface area (Å²) in [7, 11) is 2.98. The zero-order valence-electron chi connectivity index (χ0n) is 16.2. The van der Waals surface area contributed by atoms with Gasteiger partial charge >= 0.3 is 5.69 Å². The van der Waals surface area contributed by atoms with Crippen LogP contribution in [0.5, 0.6) is 5.75 Å². The molecule has 1 aromatic heterocycles. The molecule has 8 nitrogen and oxygen atoms in total.